The van der Waals surface area contributed by atoms with Crippen LogP contribution in [0.5, 0.6) is 0 Å². The van der Waals surface area contributed by atoms with Crippen LogP contribution in [0, 0.1) is 18.8 Å². The van der Waals surface area contributed by atoms with E-state index in [-0.39, 0.29) is 0 Å². The predicted molar refractivity (Wildman–Crippen MR) is 80.5 cm³/mol. The summed E-state index contributed by atoms with van der Waals surface area (Å²) in [6.45, 7) is 9.73. The van der Waals surface area contributed by atoms with Gasteiger partial charge in [-0.25, -0.2) is 9.97 Å². The van der Waals surface area contributed by atoms with Gasteiger partial charge in [0.05, 0.1) is 0 Å². The SMILES string of the molecule is CCCNc1cc(NC2CCC(C)C2C)nc(C)n1. The first kappa shape index (κ1) is 14.1. The average Bonchev–Trinajstić information content (AvgIpc) is 2.68. The van der Waals surface area contributed by atoms with Crippen molar-refractivity contribution in [1.29, 1.82) is 0 Å². The molecule has 2 rings (SSSR count). The Morgan fingerprint density at radius 3 is 2.58 bits per heavy atom. The summed E-state index contributed by atoms with van der Waals surface area (Å²) >= 11 is 0. The average molecular weight is 262 g/mol. The molecule has 0 bridgehead atoms. The van der Waals surface area contributed by atoms with Crippen molar-refractivity contribution in [3.63, 3.8) is 0 Å². The number of nitrogens with one attached hydrogen (secondary N) is 2. The molecule has 0 aliphatic heterocycles. The molecule has 4 nitrogen and oxygen atoms in total. The number of rotatable bonds is 5. The maximum absolute atomic E-state index is 4.50. The molecular formula is C15H26N4. The van der Waals surface area contributed by atoms with E-state index in [1.165, 1.54) is 12.8 Å². The molecule has 0 radical (unpaired) electrons. The molecule has 0 spiro atoms. The highest BCUT2D eigenvalue weighted by Gasteiger charge is 2.29. The van der Waals surface area contributed by atoms with Crippen LogP contribution in [0.2, 0.25) is 0 Å². The summed E-state index contributed by atoms with van der Waals surface area (Å²) in [5, 5.41) is 6.92. The van der Waals surface area contributed by atoms with E-state index in [1.807, 2.05) is 13.0 Å². The van der Waals surface area contributed by atoms with E-state index in [1.54, 1.807) is 0 Å². The normalized spacial score (nSPS) is 26.4. The minimum absolute atomic E-state index is 0.545. The van der Waals surface area contributed by atoms with Gasteiger partial charge in [-0.1, -0.05) is 20.8 Å². The van der Waals surface area contributed by atoms with Crippen molar-refractivity contribution < 1.29 is 0 Å². The minimum Gasteiger partial charge on any atom is -0.370 e. The molecule has 1 aliphatic carbocycles. The van der Waals surface area contributed by atoms with Crippen LogP contribution >= 0.6 is 0 Å². The van der Waals surface area contributed by atoms with Crippen molar-refractivity contribution in [2.24, 2.45) is 11.8 Å². The van der Waals surface area contributed by atoms with Gasteiger partial charge in [-0.3, -0.25) is 0 Å². The number of anilines is 2. The zero-order chi connectivity index (χ0) is 13.8. The molecular weight excluding hydrogens is 236 g/mol. The van der Waals surface area contributed by atoms with Gasteiger partial charge in [0.25, 0.3) is 0 Å². The van der Waals surface area contributed by atoms with E-state index in [0.717, 1.165) is 36.3 Å². The van der Waals surface area contributed by atoms with Crippen LogP contribution in [0.15, 0.2) is 6.07 Å². The highest BCUT2D eigenvalue weighted by Crippen LogP contribution is 2.33. The number of hydrogen-bond donors (Lipinski definition) is 2. The van der Waals surface area contributed by atoms with Crippen LogP contribution in [0.3, 0.4) is 0 Å². The van der Waals surface area contributed by atoms with Gasteiger partial charge in [0.15, 0.2) is 0 Å². The third kappa shape index (κ3) is 3.58. The highest BCUT2D eigenvalue weighted by atomic mass is 15.1. The van der Waals surface area contributed by atoms with Gasteiger partial charge in [-0.05, 0) is 38.0 Å². The van der Waals surface area contributed by atoms with Gasteiger partial charge in [-0.2, -0.15) is 0 Å². The lowest BCUT2D eigenvalue weighted by Crippen LogP contribution is -2.24. The molecule has 1 fully saturated rings. The smallest absolute Gasteiger partial charge is 0.132 e. The topological polar surface area (TPSA) is 49.8 Å². The van der Waals surface area contributed by atoms with Gasteiger partial charge >= 0.3 is 0 Å². The Hall–Kier alpha value is -1.32. The summed E-state index contributed by atoms with van der Waals surface area (Å²) in [6.07, 6.45) is 3.65. The quantitative estimate of drug-likeness (QED) is 0.853. The van der Waals surface area contributed by atoms with Crippen LogP contribution in [-0.4, -0.2) is 22.6 Å². The number of aryl methyl sites for hydroxylation is 1. The second-order valence-electron chi connectivity index (χ2n) is 5.78. The summed E-state index contributed by atoms with van der Waals surface area (Å²) < 4.78 is 0. The third-order valence-electron chi connectivity index (χ3n) is 4.19. The lowest BCUT2D eigenvalue weighted by molar-refractivity contribution is 0.435. The zero-order valence-electron chi connectivity index (χ0n) is 12.5. The molecule has 2 N–H and O–H groups in total. The molecule has 3 atom stereocenters. The summed E-state index contributed by atoms with van der Waals surface area (Å²) in [7, 11) is 0. The van der Waals surface area contributed by atoms with Crippen LogP contribution in [0.25, 0.3) is 0 Å². The fourth-order valence-corrected chi connectivity index (χ4v) is 2.74. The van der Waals surface area contributed by atoms with Gasteiger partial charge in [0, 0.05) is 18.7 Å². The first-order chi connectivity index (χ1) is 9.10. The fourth-order valence-electron chi connectivity index (χ4n) is 2.74. The first-order valence-electron chi connectivity index (χ1n) is 7.46. The van der Waals surface area contributed by atoms with E-state index in [4.69, 9.17) is 0 Å². The Labute approximate surface area is 116 Å². The van der Waals surface area contributed by atoms with Crippen molar-refractivity contribution in [3.8, 4) is 0 Å². The van der Waals surface area contributed by atoms with Gasteiger partial charge in [0.2, 0.25) is 0 Å². The molecule has 1 aliphatic rings. The summed E-state index contributed by atoms with van der Waals surface area (Å²) in [5.74, 6) is 4.22. The van der Waals surface area contributed by atoms with E-state index in [2.05, 4.69) is 41.4 Å². The van der Waals surface area contributed by atoms with E-state index in [9.17, 15) is 0 Å². The summed E-state index contributed by atoms with van der Waals surface area (Å²) in [6, 6.07) is 2.57. The highest BCUT2D eigenvalue weighted by molar-refractivity contribution is 5.48. The van der Waals surface area contributed by atoms with Crippen LogP contribution in [0.4, 0.5) is 11.6 Å². The second kappa shape index (κ2) is 6.22. The molecule has 0 aromatic carbocycles. The van der Waals surface area contributed by atoms with Gasteiger partial charge in [0.1, 0.15) is 17.5 Å². The fraction of sp³-hybridized carbons (Fsp3) is 0.733. The second-order valence-corrected chi connectivity index (χ2v) is 5.78. The molecule has 1 heterocycles. The van der Waals surface area contributed by atoms with E-state index < -0.39 is 0 Å². The first-order valence-corrected chi connectivity index (χ1v) is 7.46. The molecule has 1 aromatic heterocycles. The van der Waals surface area contributed by atoms with Gasteiger partial charge in [-0.15, -0.1) is 0 Å². The van der Waals surface area contributed by atoms with Crippen molar-refractivity contribution >= 4 is 11.6 Å². The third-order valence-corrected chi connectivity index (χ3v) is 4.19. The van der Waals surface area contributed by atoms with Crippen LogP contribution in [-0.2, 0) is 0 Å². The van der Waals surface area contributed by atoms with Crippen molar-refractivity contribution in [2.75, 3.05) is 17.2 Å². The monoisotopic (exact) mass is 262 g/mol. The minimum atomic E-state index is 0.545. The maximum atomic E-state index is 4.50. The number of hydrogen-bond acceptors (Lipinski definition) is 4. The Bertz CT molecular complexity index is 419. The Balaban J connectivity index is 2.05. The maximum Gasteiger partial charge on any atom is 0.132 e. The van der Waals surface area contributed by atoms with Gasteiger partial charge < -0.3 is 10.6 Å². The summed E-state index contributed by atoms with van der Waals surface area (Å²) in [5.41, 5.74) is 0. The number of aromatic nitrogens is 2. The Kier molecular flexibility index (Phi) is 4.61. The molecule has 4 heteroatoms. The molecule has 3 unspecified atom stereocenters. The molecule has 19 heavy (non-hydrogen) atoms. The molecule has 1 saturated carbocycles. The lowest BCUT2D eigenvalue weighted by atomic mass is 9.98. The summed E-state index contributed by atoms with van der Waals surface area (Å²) in [4.78, 5) is 8.92. The van der Waals surface area contributed by atoms with Crippen molar-refractivity contribution in [3.05, 3.63) is 11.9 Å². The Morgan fingerprint density at radius 1 is 1.21 bits per heavy atom. The van der Waals surface area contributed by atoms with Crippen LogP contribution in [0.1, 0.15) is 45.9 Å². The van der Waals surface area contributed by atoms with Crippen LogP contribution < -0.4 is 10.6 Å². The molecule has 1 aromatic rings. The molecule has 0 saturated heterocycles. The largest absolute Gasteiger partial charge is 0.370 e. The standard InChI is InChI=1S/C15H26N4/c1-5-8-16-14-9-15(18-12(4)17-14)19-13-7-6-10(2)11(13)3/h9-11,13H,5-8H2,1-4H3,(H2,16,17,18,19). The van der Waals surface area contributed by atoms with Crippen molar-refractivity contribution in [2.45, 2.75) is 53.0 Å². The van der Waals surface area contributed by atoms with E-state index >= 15 is 0 Å². The molecule has 106 valence electrons. The van der Waals surface area contributed by atoms with E-state index in [0.29, 0.717) is 12.0 Å². The zero-order valence-corrected chi connectivity index (χ0v) is 12.5. The Morgan fingerprint density at radius 2 is 1.95 bits per heavy atom. The lowest BCUT2D eigenvalue weighted by Gasteiger charge is -2.20. The molecule has 0 amide bonds. The van der Waals surface area contributed by atoms with Crippen molar-refractivity contribution in [1.82, 2.24) is 9.97 Å². The number of nitrogens with zero attached hydrogens (tertiary/aromatic N) is 2. The predicted octanol–water partition coefficient (Wildman–Crippen LogP) is 3.45.